The highest BCUT2D eigenvalue weighted by molar-refractivity contribution is 5.81. The number of hydrogen-bond acceptors (Lipinski definition) is 6. The van der Waals surface area contributed by atoms with Gasteiger partial charge in [0.05, 0.1) is 7.11 Å². The molecule has 1 aromatic carbocycles. The van der Waals surface area contributed by atoms with E-state index in [0.29, 0.717) is 11.5 Å². The first-order valence-corrected chi connectivity index (χ1v) is 5.01. The van der Waals surface area contributed by atoms with E-state index in [2.05, 4.69) is 10.2 Å². The summed E-state index contributed by atoms with van der Waals surface area (Å²) in [6.07, 6.45) is 0. The van der Waals surface area contributed by atoms with E-state index in [1.165, 1.54) is 0 Å². The van der Waals surface area contributed by atoms with Crippen LogP contribution in [-0.4, -0.2) is 28.4 Å². The third-order valence-corrected chi connectivity index (χ3v) is 2.07. The van der Waals surface area contributed by atoms with E-state index >= 15 is 0 Å². The second-order valence-electron chi connectivity index (χ2n) is 3.27. The van der Waals surface area contributed by atoms with Gasteiger partial charge in [-0.1, -0.05) is 0 Å². The number of ether oxygens (including phenoxy) is 2. The van der Waals surface area contributed by atoms with Gasteiger partial charge in [0, 0.05) is 0 Å². The summed E-state index contributed by atoms with van der Waals surface area (Å²) in [7, 11) is 1.57. The first kappa shape index (κ1) is 11.9. The number of nitrogens with zero attached hydrogens (tertiary/aromatic N) is 2. The van der Waals surface area contributed by atoms with E-state index in [9.17, 15) is 4.79 Å². The largest absolute Gasteiger partial charge is 0.497 e. The van der Waals surface area contributed by atoms with Gasteiger partial charge in [0.15, 0.2) is 6.61 Å². The van der Waals surface area contributed by atoms with Crippen molar-refractivity contribution in [2.75, 3.05) is 7.11 Å². The van der Waals surface area contributed by atoms with Crippen molar-refractivity contribution in [3.05, 3.63) is 36.0 Å². The molecule has 2 aromatic rings. The maximum absolute atomic E-state index is 10.5. The minimum Gasteiger partial charge on any atom is -0.497 e. The Morgan fingerprint density at radius 3 is 2.50 bits per heavy atom. The monoisotopic (exact) mass is 250 g/mol. The maximum Gasteiger partial charge on any atom is 0.393 e. The molecular formula is C11H10N2O5. The topological polar surface area (TPSA) is 94.7 Å². The Hall–Kier alpha value is -2.57. The summed E-state index contributed by atoms with van der Waals surface area (Å²) in [5.41, 5.74) is 0. The molecule has 0 atom stereocenters. The van der Waals surface area contributed by atoms with E-state index in [4.69, 9.17) is 19.0 Å². The molecule has 0 saturated heterocycles. The minimum absolute atomic E-state index is 0.00656. The summed E-state index contributed by atoms with van der Waals surface area (Å²) in [6.45, 7) is 0.00656. The third kappa shape index (κ3) is 2.76. The highest BCUT2D eigenvalue weighted by Gasteiger charge is 2.13. The van der Waals surface area contributed by atoms with Crippen LogP contribution in [0.4, 0.5) is 0 Å². The summed E-state index contributed by atoms with van der Waals surface area (Å²) >= 11 is 0. The Bertz CT molecular complexity index is 535. The number of benzene rings is 1. The van der Waals surface area contributed by atoms with Crippen molar-refractivity contribution in [1.82, 2.24) is 10.2 Å². The van der Waals surface area contributed by atoms with E-state index in [-0.39, 0.29) is 12.5 Å². The first-order chi connectivity index (χ1) is 8.69. The number of carboxylic acid groups (broad SMARTS) is 1. The molecule has 0 saturated carbocycles. The zero-order valence-corrected chi connectivity index (χ0v) is 9.49. The molecule has 0 amide bonds. The van der Waals surface area contributed by atoms with Crippen LogP contribution >= 0.6 is 0 Å². The van der Waals surface area contributed by atoms with Crippen molar-refractivity contribution in [2.24, 2.45) is 0 Å². The molecule has 0 fully saturated rings. The molecule has 0 spiro atoms. The Kier molecular flexibility index (Phi) is 3.42. The molecule has 0 aliphatic rings. The van der Waals surface area contributed by atoms with Gasteiger partial charge in [-0.25, -0.2) is 4.79 Å². The molecule has 0 aliphatic carbocycles. The Morgan fingerprint density at radius 2 is 1.94 bits per heavy atom. The summed E-state index contributed by atoms with van der Waals surface area (Å²) in [4.78, 5) is 10.5. The van der Waals surface area contributed by atoms with Crippen molar-refractivity contribution >= 4 is 5.97 Å². The van der Waals surface area contributed by atoms with Crippen LogP contribution in [0.15, 0.2) is 28.7 Å². The zero-order chi connectivity index (χ0) is 13.0. The van der Waals surface area contributed by atoms with Crippen LogP contribution in [0.2, 0.25) is 0 Å². The molecule has 1 heterocycles. The van der Waals surface area contributed by atoms with E-state index in [0.717, 1.165) is 0 Å². The zero-order valence-electron chi connectivity index (χ0n) is 9.49. The third-order valence-electron chi connectivity index (χ3n) is 2.07. The van der Waals surface area contributed by atoms with Crippen molar-refractivity contribution in [3.63, 3.8) is 0 Å². The predicted molar refractivity (Wildman–Crippen MR) is 58.6 cm³/mol. The fourth-order valence-electron chi connectivity index (χ4n) is 1.22. The summed E-state index contributed by atoms with van der Waals surface area (Å²) in [6, 6.07) is 6.91. The number of aromatic nitrogens is 2. The maximum atomic E-state index is 10.5. The second-order valence-corrected chi connectivity index (χ2v) is 3.27. The van der Waals surface area contributed by atoms with Crippen LogP contribution in [0.1, 0.15) is 16.6 Å². The number of carboxylic acids is 1. The van der Waals surface area contributed by atoms with Crippen molar-refractivity contribution in [2.45, 2.75) is 6.61 Å². The molecule has 0 radical (unpaired) electrons. The number of carbonyl (C=O) groups is 1. The SMILES string of the molecule is COc1ccc(OCc2nnc(C(=O)O)o2)cc1. The fraction of sp³-hybridized carbons (Fsp3) is 0.182. The van der Waals surface area contributed by atoms with Crippen LogP contribution in [0.25, 0.3) is 0 Å². The molecule has 0 unspecified atom stereocenters. The van der Waals surface area contributed by atoms with E-state index in [1.54, 1.807) is 31.4 Å². The van der Waals surface area contributed by atoms with Gasteiger partial charge >= 0.3 is 11.9 Å². The molecule has 0 aliphatic heterocycles. The molecular weight excluding hydrogens is 240 g/mol. The molecule has 7 nitrogen and oxygen atoms in total. The summed E-state index contributed by atoms with van der Waals surface area (Å²) in [5.74, 6) is -0.316. The van der Waals surface area contributed by atoms with Crippen molar-refractivity contribution in [3.8, 4) is 11.5 Å². The minimum atomic E-state index is -1.27. The molecule has 94 valence electrons. The number of hydrogen-bond donors (Lipinski definition) is 1. The molecule has 18 heavy (non-hydrogen) atoms. The molecule has 1 aromatic heterocycles. The molecule has 2 rings (SSSR count). The highest BCUT2D eigenvalue weighted by Crippen LogP contribution is 2.17. The van der Waals surface area contributed by atoms with Gasteiger partial charge in [-0.2, -0.15) is 0 Å². The standard InChI is InChI=1S/C11H10N2O5/c1-16-7-2-4-8(5-3-7)17-6-9-12-13-10(18-9)11(14)15/h2-5H,6H2,1H3,(H,14,15). The fourth-order valence-corrected chi connectivity index (χ4v) is 1.22. The summed E-state index contributed by atoms with van der Waals surface area (Å²) in [5, 5.41) is 15.5. The first-order valence-electron chi connectivity index (χ1n) is 5.01. The predicted octanol–water partition coefficient (Wildman–Crippen LogP) is 1.36. The van der Waals surface area contributed by atoms with Gasteiger partial charge in [0.1, 0.15) is 11.5 Å². The average Bonchev–Trinajstić information content (AvgIpc) is 2.86. The van der Waals surface area contributed by atoms with Gasteiger partial charge in [-0.05, 0) is 24.3 Å². The average molecular weight is 250 g/mol. The lowest BCUT2D eigenvalue weighted by molar-refractivity contribution is 0.0649. The Labute approximate surface area is 102 Å². The van der Waals surface area contributed by atoms with Crippen LogP contribution in [0, 0.1) is 0 Å². The van der Waals surface area contributed by atoms with Crippen LogP contribution in [0.5, 0.6) is 11.5 Å². The quantitative estimate of drug-likeness (QED) is 0.855. The number of rotatable bonds is 5. The molecule has 0 bridgehead atoms. The summed E-state index contributed by atoms with van der Waals surface area (Å²) < 4.78 is 15.2. The highest BCUT2D eigenvalue weighted by atomic mass is 16.5. The smallest absolute Gasteiger partial charge is 0.393 e. The number of methoxy groups -OCH3 is 1. The Balaban J connectivity index is 1.95. The van der Waals surface area contributed by atoms with E-state index < -0.39 is 11.9 Å². The van der Waals surface area contributed by atoms with Crippen LogP contribution < -0.4 is 9.47 Å². The molecule has 1 N–H and O–H groups in total. The van der Waals surface area contributed by atoms with Crippen molar-refractivity contribution in [1.29, 1.82) is 0 Å². The lowest BCUT2D eigenvalue weighted by atomic mass is 10.3. The lowest BCUT2D eigenvalue weighted by Crippen LogP contribution is -1.96. The molecule has 7 heteroatoms. The van der Waals surface area contributed by atoms with Crippen molar-refractivity contribution < 1.29 is 23.8 Å². The number of aromatic carboxylic acids is 1. The van der Waals surface area contributed by atoms with Gasteiger partial charge < -0.3 is 19.0 Å². The Morgan fingerprint density at radius 1 is 1.28 bits per heavy atom. The van der Waals surface area contributed by atoms with Crippen LogP contribution in [0.3, 0.4) is 0 Å². The second kappa shape index (κ2) is 5.17. The van der Waals surface area contributed by atoms with Gasteiger partial charge in [-0.15, -0.1) is 10.2 Å². The van der Waals surface area contributed by atoms with E-state index in [1.807, 2.05) is 0 Å². The van der Waals surface area contributed by atoms with Crippen LogP contribution in [-0.2, 0) is 6.61 Å². The lowest BCUT2D eigenvalue weighted by Gasteiger charge is -2.04. The normalized spacial score (nSPS) is 10.1. The van der Waals surface area contributed by atoms with Gasteiger partial charge in [0.25, 0.3) is 5.89 Å². The van der Waals surface area contributed by atoms with Gasteiger partial charge in [-0.3, -0.25) is 0 Å². The van der Waals surface area contributed by atoms with Gasteiger partial charge in [0.2, 0.25) is 0 Å².